The SMILES string of the molecule is CCc1ccccc1Oc1nccc(CNC)c1F. The van der Waals surface area contributed by atoms with E-state index in [0.717, 1.165) is 12.0 Å². The second-order valence-electron chi connectivity index (χ2n) is 4.18. The molecule has 100 valence electrons. The third kappa shape index (κ3) is 3.09. The molecular formula is C15H17FN2O. The minimum atomic E-state index is -0.414. The molecule has 0 spiro atoms. The summed E-state index contributed by atoms with van der Waals surface area (Å²) in [5.74, 6) is 0.259. The molecule has 2 aromatic rings. The van der Waals surface area contributed by atoms with Gasteiger partial charge in [-0.05, 0) is 31.2 Å². The molecule has 1 aromatic carbocycles. The predicted molar refractivity (Wildman–Crippen MR) is 72.9 cm³/mol. The standard InChI is InChI=1S/C15H17FN2O/c1-3-11-6-4-5-7-13(11)19-15-14(16)12(10-17-2)8-9-18-15/h4-9,17H,3,10H2,1-2H3. The number of ether oxygens (including phenoxy) is 1. The van der Waals surface area contributed by atoms with Crippen molar-refractivity contribution in [2.45, 2.75) is 19.9 Å². The van der Waals surface area contributed by atoms with Gasteiger partial charge in [0.2, 0.25) is 0 Å². The Bertz CT molecular complexity index is 558. The molecule has 1 N–H and O–H groups in total. The molecule has 1 heterocycles. The minimum absolute atomic E-state index is 0.0219. The van der Waals surface area contributed by atoms with Gasteiger partial charge in [0.15, 0.2) is 5.82 Å². The molecule has 0 saturated carbocycles. The summed E-state index contributed by atoms with van der Waals surface area (Å²) in [6.07, 6.45) is 2.38. The third-order valence-corrected chi connectivity index (χ3v) is 2.86. The number of nitrogens with one attached hydrogen (secondary N) is 1. The lowest BCUT2D eigenvalue weighted by molar-refractivity contribution is 0.414. The summed E-state index contributed by atoms with van der Waals surface area (Å²) in [6.45, 7) is 2.48. The molecule has 3 nitrogen and oxygen atoms in total. The van der Waals surface area contributed by atoms with E-state index in [0.29, 0.717) is 17.9 Å². The maximum Gasteiger partial charge on any atom is 0.256 e. The maximum atomic E-state index is 14.2. The van der Waals surface area contributed by atoms with E-state index in [1.54, 1.807) is 19.3 Å². The molecule has 0 aliphatic rings. The van der Waals surface area contributed by atoms with Crippen molar-refractivity contribution in [2.24, 2.45) is 0 Å². The summed E-state index contributed by atoms with van der Waals surface area (Å²) in [5, 5.41) is 2.92. The molecule has 0 aliphatic heterocycles. The predicted octanol–water partition coefficient (Wildman–Crippen LogP) is 3.29. The summed E-state index contributed by atoms with van der Waals surface area (Å²) in [6, 6.07) is 9.23. The van der Waals surface area contributed by atoms with E-state index in [9.17, 15) is 4.39 Å². The molecule has 0 aliphatic carbocycles. The molecule has 0 saturated heterocycles. The molecule has 2 rings (SSSR count). The second-order valence-corrected chi connectivity index (χ2v) is 4.18. The molecule has 19 heavy (non-hydrogen) atoms. The van der Waals surface area contributed by atoms with Crippen molar-refractivity contribution < 1.29 is 9.13 Å². The highest BCUT2D eigenvalue weighted by molar-refractivity contribution is 5.37. The highest BCUT2D eigenvalue weighted by Gasteiger charge is 2.12. The molecule has 0 unspecified atom stereocenters. The number of halogens is 1. The number of aryl methyl sites for hydroxylation is 1. The summed E-state index contributed by atoms with van der Waals surface area (Å²) in [4.78, 5) is 3.97. The van der Waals surface area contributed by atoms with Gasteiger partial charge in [-0.25, -0.2) is 9.37 Å². The van der Waals surface area contributed by atoms with Crippen molar-refractivity contribution >= 4 is 0 Å². The average Bonchev–Trinajstić information content (AvgIpc) is 2.44. The third-order valence-electron chi connectivity index (χ3n) is 2.86. The second kappa shape index (κ2) is 6.29. The fraction of sp³-hybridized carbons (Fsp3) is 0.267. The normalized spacial score (nSPS) is 10.5. The van der Waals surface area contributed by atoms with Crippen molar-refractivity contribution in [3.05, 3.63) is 53.5 Å². The van der Waals surface area contributed by atoms with Crippen LogP contribution in [-0.2, 0) is 13.0 Å². The largest absolute Gasteiger partial charge is 0.436 e. The topological polar surface area (TPSA) is 34.1 Å². The lowest BCUT2D eigenvalue weighted by Crippen LogP contribution is -2.08. The van der Waals surface area contributed by atoms with Crippen LogP contribution >= 0.6 is 0 Å². The molecule has 1 aromatic heterocycles. The summed E-state index contributed by atoms with van der Waals surface area (Å²) < 4.78 is 19.8. The highest BCUT2D eigenvalue weighted by Crippen LogP contribution is 2.27. The van der Waals surface area contributed by atoms with Crippen LogP contribution in [0.3, 0.4) is 0 Å². The number of hydrogen-bond acceptors (Lipinski definition) is 3. The van der Waals surface area contributed by atoms with Crippen molar-refractivity contribution in [1.29, 1.82) is 0 Å². The van der Waals surface area contributed by atoms with Gasteiger partial charge in [0, 0.05) is 18.3 Å². The van der Waals surface area contributed by atoms with Gasteiger partial charge in [0.05, 0.1) is 0 Å². The zero-order valence-corrected chi connectivity index (χ0v) is 11.1. The number of nitrogens with zero attached hydrogens (tertiary/aromatic N) is 1. The van der Waals surface area contributed by atoms with Crippen LogP contribution in [0.2, 0.25) is 0 Å². The molecular weight excluding hydrogens is 243 g/mol. The van der Waals surface area contributed by atoms with Gasteiger partial charge in [-0.1, -0.05) is 25.1 Å². The Kier molecular flexibility index (Phi) is 4.47. The zero-order chi connectivity index (χ0) is 13.7. The van der Waals surface area contributed by atoms with Crippen LogP contribution in [-0.4, -0.2) is 12.0 Å². The van der Waals surface area contributed by atoms with Crippen LogP contribution in [0.1, 0.15) is 18.1 Å². The lowest BCUT2D eigenvalue weighted by atomic mass is 10.1. The van der Waals surface area contributed by atoms with Gasteiger partial charge in [-0.2, -0.15) is 0 Å². The molecule has 0 fully saturated rings. The first kappa shape index (κ1) is 13.5. The number of pyridine rings is 1. The molecule has 0 radical (unpaired) electrons. The van der Waals surface area contributed by atoms with E-state index in [1.165, 1.54) is 0 Å². The number of hydrogen-bond donors (Lipinski definition) is 1. The molecule has 0 bridgehead atoms. The van der Waals surface area contributed by atoms with Crippen LogP contribution < -0.4 is 10.1 Å². The van der Waals surface area contributed by atoms with Gasteiger partial charge in [0.25, 0.3) is 5.88 Å². The van der Waals surface area contributed by atoms with Gasteiger partial charge in [0.1, 0.15) is 5.75 Å². The first-order valence-electron chi connectivity index (χ1n) is 6.30. The summed E-state index contributed by atoms with van der Waals surface area (Å²) in [5.41, 5.74) is 1.57. The van der Waals surface area contributed by atoms with Crippen LogP contribution in [0, 0.1) is 5.82 Å². The quantitative estimate of drug-likeness (QED) is 0.895. The zero-order valence-electron chi connectivity index (χ0n) is 11.1. The molecule has 0 amide bonds. The Morgan fingerprint density at radius 2 is 2.00 bits per heavy atom. The number of para-hydroxylation sites is 1. The van der Waals surface area contributed by atoms with Gasteiger partial charge < -0.3 is 10.1 Å². The number of aromatic nitrogens is 1. The number of benzene rings is 1. The van der Waals surface area contributed by atoms with Gasteiger partial charge in [-0.15, -0.1) is 0 Å². The van der Waals surface area contributed by atoms with Gasteiger partial charge >= 0.3 is 0 Å². The van der Waals surface area contributed by atoms with E-state index in [2.05, 4.69) is 10.3 Å². The van der Waals surface area contributed by atoms with Crippen molar-refractivity contribution in [2.75, 3.05) is 7.05 Å². The Morgan fingerprint density at radius 3 is 2.74 bits per heavy atom. The monoisotopic (exact) mass is 260 g/mol. The lowest BCUT2D eigenvalue weighted by Gasteiger charge is -2.11. The molecule has 4 heteroatoms. The first-order chi connectivity index (χ1) is 9.26. The van der Waals surface area contributed by atoms with E-state index in [-0.39, 0.29) is 5.88 Å². The van der Waals surface area contributed by atoms with Crippen LogP contribution in [0.25, 0.3) is 0 Å². The summed E-state index contributed by atoms with van der Waals surface area (Å²) >= 11 is 0. The van der Waals surface area contributed by atoms with Gasteiger partial charge in [-0.3, -0.25) is 0 Å². The fourth-order valence-corrected chi connectivity index (χ4v) is 1.86. The Balaban J connectivity index is 2.30. The Morgan fingerprint density at radius 1 is 1.21 bits per heavy atom. The van der Waals surface area contributed by atoms with E-state index < -0.39 is 5.82 Å². The molecule has 0 atom stereocenters. The van der Waals surface area contributed by atoms with Crippen LogP contribution in [0.15, 0.2) is 36.5 Å². The van der Waals surface area contributed by atoms with E-state index in [4.69, 9.17) is 4.74 Å². The Labute approximate surface area is 112 Å². The first-order valence-corrected chi connectivity index (χ1v) is 6.30. The Hall–Kier alpha value is -1.94. The minimum Gasteiger partial charge on any atom is -0.436 e. The van der Waals surface area contributed by atoms with Crippen molar-refractivity contribution in [3.8, 4) is 11.6 Å². The smallest absolute Gasteiger partial charge is 0.256 e. The van der Waals surface area contributed by atoms with E-state index in [1.807, 2.05) is 31.2 Å². The van der Waals surface area contributed by atoms with Crippen LogP contribution in [0.5, 0.6) is 11.6 Å². The number of rotatable bonds is 5. The highest BCUT2D eigenvalue weighted by atomic mass is 19.1. The van der Waals surface area contributed by atoms with Crippen molar-refractivity contribution in [3.63, 3.8) is 0 Å². The fourth-order valence-electron chi connectivity index (χ4n) is 1.86. The van der Waals surface area contributed by atoms with Crippen LogP contribution in [0.4, 0.5) is 4.39 Å². The average molecular weight is 260 g/mol. The summed E-state index contributed by atoms with van der Waals surface area (Å²) in [7, 11) is 1.77. The van der Waals surface area contributed by atoms with Crippen molar-refractivity contribution in [1.82, 2.24) is 10.3 Å². The maximum absolute atomic E-state index is 14.2. The van der Waals surface area contributed by atoms with E-state index >= 15 is 0 Å².